The molecule has 0 fully saturated rings. The van der Waals surface area contributed by atoms with Crippen molar-refractivity contribution in [1.82, 2.24) is 19.7 Å². The third kappa shape index (κ3) is 3.65. The molecule has 0 unspecified atom stereocenters. The Hall–Kier alpha value is -3.43. The van der Waals surface area contributed by atoms with Gasteiger partial charge in [-0.05, 0) is 24.6 Å². The number of carbonyl (C=O) groups is 1. The maximum Gasteiger partial charge on any atom is 0.408 e. The molecule has 4 rings (SSSR count). The highest BCUT2D eigenvalue weighted by atomic mass is 19.4. The van der Waals surface area contributed by atoms with Crippen molar-refractivity contribution < 1.29 is 22.7 Å². The van der Waals surface area contributed by atoms with Gasteiger partial charge >= 0.3 is 6.18 Å². The first-order valence-electron chi connectivity index (χ1n) is 8.67. The van der Waals surface area contributed by atoms with Crippen LogP contribution in [0.25, 0.3) is 11.3 Å². The summed E-state index contributed by atoms with van der Waals surface area (Å²) >= 11 is 0. The Kier molecular flexibility index (Phi) is 4.48. The summed E-state index contributed by atoms with van der Waals surface area (Å²) in [6.07, 6.45) is 0.0299. The summed E-state index contributed by atoms with van der Waals surface area (Å²) in [5.74, 6) is 0.397. The lowest BCUT2D eigenvalue weighted by molar-refractivity contribution is -0.142. The Morgan fingerprint density at radius 2 is 2.03 bits per heavy atom. The highest BCUT2D eigenvalue weighted by molar-refractivity contribution is 6.10. The number of alkyl halides is 3. The van der Waals surface area contributed by atoms with E-state index >= 15 is 0 Å². The molecular formula is C19H16F3N5O2. The van der Waals surface area contributed by atoms with E-state index < -0.39 is 12.7 Å². The van der Waals surface area contributed by atoms with Crippen LogP contribution in [0, 0.1) is 6.92 Å². The van der Waals surface area contributed by atoms with Gasteiger partial charge in [0.2, 0.25) is 0 Å². The van der Waals surface area contributed by atoms with E-state index in [0.717, 1.165) is 15.8 Å². The molecule has 0 saturated heterocycles. The van der Waals surface area contributed by atoms with Crippen LogP contribution >= 0.6 is 0 Å². The maximum atomic E-state index is 12.8. The van der Waals surface area contributed by atoms with Crippen LogP contribution in [-0.4, -0.2) is 38.9 Å². The van der Waals surface area contributed by atoms with Gasteiger partial charge in [-0.25, -0.2) is 0 Å². The summed E-state index contributed by atoms with van der Waals surface area (Å²) in [7, 11) is 1.54. The predicted molar refractivity (Wildman–Crippen MR) is 97.6 cm³/mol. The van der Waals surface area contributed by atoms with Crippen molar-refractivity contribution in [2.45, 2.75) is 26.2 Å². The largest absolute Gasteiger partial charge is 0.495 e. The lowest BCUT2D eigenvalue weighted by Crippen LogP contribution is -2.24. The predicted octanol–water partition coefficient (Wildman–Crippen LogP) is 3.38. The van der Waals surface area contributed by atoms with Crippen molar-refractivity contribution in [3.05, 3.63) is 53.6 Å². The number of methoxy groups -OCH3 is 1. The number of pyridine rings is 2. The Labute approximate surface area is 163 Å². The number of anilines is 1. The van der Waals surface area contributed by atoms with Crippen molar-refractivity contribution in [2.75, 3.05) is 12.0 Å². The first-order chi connectivity index (χ1) is 13.7. The van der Waals surface area contributed by atoms with Crippen LogP contribution in [0.4, 0.5) is 19.0 Å². The third-order valence-electron chi connectivity index (χ3n) is 4.55. The number of rotatable bonds is 4. The minimum Gasteiger partial charge on any atom is -0.495 e. The molecule has 0 atom stereocenters. The van der Waals surface area contributed by atoms with Crippen LogP contribution in [0.5, 0.6) is 5.75 Å². The van der Waals surface area contributed by atoms with Gasteiger partial charge in [-0.1, -0.05) is 0 Å². The molecule has 1 amide bonds. The Morgan fingerprint density at radius 1 is 1.24 bits per heavy atom. The normalized spacial score (nSPS) is 13.7. The summed E-state index contributed by atoms with van der Waals surface area (Å²) in [6, 6.07) is 4.95. The van der Waals surface area contributed by atoms with E-state index in [2.05, 4.69) is 15.1 Å². The second kappa shape index (κ2) is 6.87. The van der Waals surface area contributed by atoms with Gasteiger partial charge in [0.1, 0.15) is 12.3 Å². The minimum absolute atomic E-state index is 0.128. The van der Waals surface area contributed by atoms with E-state index in [1.54, 1.807) is 31.5 Å². The highest BCUT2D eigenvalue weighted by Crippen LogP contribution is 2.32. The smallest absolute Gasteiger partial charge is 0.408 e. The number of halogens is 3. The molecule has 0 aliphatic carbocycles. The van der Waals surface area contributed by atoms with E-state index in [4.69, 9.17) is 4.74 Å². The van der Waals surface area contributed by atoms with Crippen molar-refractivity contribution in [3.8, 4) is 17.0 Å². The van der Waals surface area contributed by atoms with Crippen LogP contribution < -0.4 is 9.64 Å². The van der Waals surface area contributed by atoms with Crippen LogP contribution in [-0.2, 0) is 13.1 Å². The fraction of sp³-hybridized carbons (Fsp3) is 0.263. The summed E-state index contributed by atoms with van der Waals surface area (Å²) in [5, 5.41) is 3.89. The molecule has 0 N–H and O–H groups in total. The van der Waals surface area contributed by atoms with E-state index in [9.17, 15) is 18.0 Å². The summed E-state index contributed by atoms with van der Waals surface area (Å²) in [4.78, 5) is 22.9. The van der Waals surface area contributed by atoms with Gasteiger partial charge in [0.25, 0.3) is 5.91 Å². The molecule has 0 saturated carbocycles. The zero-order valence-electron chi connectivity index (χ0n) is 15.6. The monoisotopic (exact) mass is 403 g/mol. The summed E-state index contributed by atoms with van der Waals surface area (Å²) in [6.45, 7) is 0.705. The van der Waals surface area contributed by atoms with Crippen molar-refractivity contribution in [3.63, 3.8) is 0 Å². The number of fused-ring (bicyclic) bond motifs is 1. The highest BCUT2D eigenvalue weighted by Gasteiger charge is 2.34. The molecule has 150 valence electrons. The zero-order chi connectivity index (χ0) is 20.8. The van der Waals surface area contributed by atoms with E-state index in [-0.39, 0.29) is 18.3 Å². The molecule has 1 aliphatic rings. The molecule has 10 heteroatoms. The van der Waals surface area contributed by atoms with Crippen molar-refractivity contribution in [1.29, 1.82) is 0 Å². The number of nitrogens with zero attached hydrogens (tertiary/aromatic N) is 5. The average molecular weight is 403 g/mol. The molecular weight excluding hydrogens is 387 g/mol. The van der Waals surface area contributed by atoms with E-state index in [1.165, 1.54) is 24.3 Å². The average Bonchev–Trinajstić information content (AvgIpc) is 3.24. The number of amides is 1. The quantitative estimate of drug-likeness (QED) is 0.668. The molecule has 0 aromatic carbocycles. The first-order valence-corrected chi connectivity index (χ1v) is 8.67. The van der Waals surface area contributed by atoms with Crippen LogP contribution in [0.15, 0.2) is 36.8 Å². The van der Waals surface area contributed by atoms with Gasteiger partial charge < -0.3 is 4.74 Å². The number of carbonyl (C=O) groups excluding carboxylic acids is 1. The molecule has 7 nitrogen and oxygen atoms in total. The van der Waals surface area contributed by atoms with Crippen LogP contribution in [0.2, 0.25) is 0 Å². The maximum absolute atomic E-state index is 12.8. The standard InChI is InChI=1S/C19H16F3N5O2/c1-11-5-14(12-6-13(29-2)8-23-7-12)24-15-9-27(18(28)17(11)15)16-3-4-26(25-16)10-19(20,21)22/h3-8H,9-10H2,1-2H3. The van der Waals surface area contributed by atoms with Gasteiger partial charge in [0, 0.05) is 24.0 Å². The zero-order valence-corrected chi connectivity index (χ0v) is 15.6. The number of ether oxygens (including phenoxy) is 1. The molecule has 3 aromatic rings. The lowest BCUT2D eigenvalue weighted by Gasteiger charge is -2.12. The summed E-state index contributed by atoms with van der Waals surface area (Å²) < 4.78 is 43.6. The second-order valence-electron chi connectivity index (χ2n) is 6.64. The van der Waals surface area contributed by atoms with E-state index in [0.29, 0.717) is 22.7 Å². The molecule has 3 aromatic heterocycles. The Bertz CT molecular complexity index is 1090. The molecule has 0 radical (unpaired) electrons. The molecule has 1 aliphatic heterocycles. The SMILES string of the molecule is COc1cncc(-c2cc(C)c3c(n2)CN(c2ccn(CC(F)(F)F)n2)C3=O)c1. The molecule has 29 heavy (non-hydrogen) atoms. The molecule has 0 spiro atoms. The second-order valence-corrected chi connectivity index (χ2v) is 6.64. The van der Waals surface area contributed by atoms with Crippen LogP contribution in [0.1, 0.15) is 21.6 Å². The Balaban J connectivity index is 1.65. The fourth-order valence-electron chi connectivity index (χ4n) is 3.27. The van der Waals surface area contributed by atoms with Crippen LogP contribution in [0.3, 0.4) is 0 Å². The van der Waals surface area contributed by atoms with Gasteiger partial charge in [0.15, 0.2) is 5.82 Å². The number of hydrogen-bond acceptors (Lipinski definition) is 5. The van der Waals surface area contributed by atoms with E-state index in [1.807, 2.05) is 0 Å². The van der Waals surface area contributed by atoms with Gasteiger partial charge in [-0.3, -0.25) is 24.3 Å². The first kappa shape index (κ1) is 18.9. The van der Waals surface area contributed by atoms with Gasteiger partial charge in [-0.15, -0.1) is 0 Å². The fourth-order valence-corrected chi connectivity index (χ4v) is 3.27. The number of aryl methyl sites for hydroxylation is 1. The van der Waals surface area contributed by atoms with Crippen molar-refractivity contribution >= 4 is 11.7 Å². The molecule has 0 bridgehead atoms. The van der Waals surface area contributed by atoms with Crippen molar-refractivity contribution in [2.24, 2.45) is 0 Å². The topological polar surface area (TPSA) is 73.1 Å². The molecule has 4 heterocycles. The summed E-state index contributed by atoms with van der Waals surface area (Å²) in [5.41, 5.74) is 3.06. The minimum atomic E-state index is -4.39. The van der Waals surface area contributed by atoms with Gasteiger partial charge in [-0.2, -0.15) is 18.3 Å². The Morgan fingerprint density at radius 3 is 2.76 bits per heavy atom. The third-order valence-corrected chi connectivity index (χ3v) is 4.55. The number of hydrogen-bond donors (Lipinski definition) is 0. The van der Waals surface area contributed by atoms with Gasteiger partial charge in [0.05, 0.1) is 36.8 Å². The lowest BCUT2D eigenvalue weighted by atomic mass is 10.1. The number of aromatic nitrogens is 4.